The fraction of sp³-hybridized carbons (Fsp3) is 0.0833. The van der Waals surface area contributed by atoms with E-state index in [1.165, 1.54) is 0 Å². The Morgan fingerprint density at radius 1 is 0.862 bits per heavy atom. The van der Waals surface area contributed by atoms with Crippen molar-refractivity contribution in [2.45, 2.75) is 12.5 Å². The van der Waals surface area contributed by atoms with Crippen LogP contribution in [0.25, 0.3) is 21.5 Å². The number of fused-ring (bicyclic) bond motifs is 2. The van der Waals surface area contributed by atoms with Crippen LogP contribution < -0.4 is 5.32 Å². The Morgan fingerprint density at radius 3 is 1.97 bits per heavy atom. The summed E-state index contributed by atoms with van der Waals surface area (Å²) in [6.07, 6.45) is 0.223. The van der Waals surface area contributed by atoms with E-state index in [1.54, 1.807) is 0 Å². The number of aliphatic carboxylic acids is 1. The van der Waals surface area contributed by atoms with Gasteiger partial charge in [-0.05, 0) is 67.9 Å². The zero-order valence-corrected chi connectivity index (χ0v) is 17.6. The molecule has 0 aliphatic rings. The molecule has 1 amide bonds. The molecule has 4 aromatic rings. The van der Waals surface area contributed by atoms with Gasteiger partial charge in [-0.2, -0.15) is 0 Å². The van der Waals surface area contributed by atoms with Gasteiger partial charge in [-0.3, -0.25) is 4.79 Å². The summed E-state index contributed by atoms with van der Waals surface area (Å²) >= 11 is 2.20. The number of carboxylic acids is 1. The number of halogens is 1. The lowest BCUT2D eigenvalue weighted by Gasteiger charge is -2.17. The topological polar surface area (TPSA) is 66.4 Å². The van der Waals surface area contributed by atoms with Crippen LogP contribution in [0.5, 0.6) is 0 Å². The van der Waals surface area contributed by atoms with Crippen molar-refractivity contribution in [1.82, 2.24) is 5.32 Å². The van der Waals surface area contributed by atoms with Crippen LogP contribution in [-0.4, -0.2) is 23.0 Å². The number of rotatable bonds is 5. The van der Waals surface area contributed by atoms with Crippen molar-refractivity contribution < 1.29 is 14.7 Å². The number of carbonyl (C=O) groups is 2. The molecule has 0 aromatic heterocycles. The van der Waals surface area contributed by atoms with Crippen molar-refractivity contribution in [1.29, 1.82) is 0 Å². The van der Waals surface area contributed by atoms with Gasteiger partial charge in [0.2, 0.25) is 0 Å². The second-order valence-corrected chi connectivity index (χ2v) is 8.13. The minimum atomic E-state index is -1.05. The molecule has 0 heterocycles. The first-order valence-corrected chi connectivity index (χ1v) is 10.3. The largest absolute Gasteiger partial charge is 0.480 e. The Labute approximate surface area is 181 Å². The van der Waals surface area contributed by atoms with E-state index in [0.717, 1.165) is 30.7 Å². The highest BCUT2D eigenvalue weighted by molar-refractivity contribution is 14.1. The Bertz CT molecular complexity index is 1160. The second kappa shape index (κ2) is 8.21. The number of hydrogen-bond acceptors (Lipinski definition) is 2. The fourth-order valence-corrected chi connectivity index (χ4v) is 3.90. The van der Waals surface area contributed by atoms with Gasteiger partial charge in [-0.15, -0.1) is 0 Å². The van der Waals surface area contributed by atoms with Gasteiger partial charge in [0.15, 0.2) is 0 Å². The number of carbonyl (C=O) groups excluding carboxylic acids is 1. The number of hydrogen-bond donors (Lipinski definition) is 2. The monoisotopic (exact) mass is 495 g/mol. The van der Waals surface area contributed by atoms with Crippen molar-refractivity contribution >= 4 is 56.0 Å². The SMILES string of the molecule is O=C(N[C@@H](Cc1ccc(I)cc1)C(=O)O)c1c2ccccc2cc2ccccc12. The van der Waals surface area contributed by atoms with Gasteiger partial charge in [0, 0.05) is 9.99 Å². The van der Waals surface area contributed by atoms with E-state index < -0.39 is 12.0 Å². The summed E-state index contributed by atoms with van der Waals surface area (Å²) in [5.41, 5.74) is 1.37. The van der Waals surface area contributed by atoms with Crippen LogP contribution in [0.2, 0.25) is 0 Å². The molecule has 0 aliphatic carbocycles. The first-order valence-electron chi connectivity index (χ1n) is 9.21. The first-order chi connectivity index (χ1) is 14.0. The van der Waals surface area contributed by atoms with Crippen molar-refractivity contribution in [2.24, 2.45) is 0 Å². The molecule has 4 rings (SSSR count). The average molecular weight is 495 g/mol. The van der Waals surface area contributed by atoms with Gasteiger partial charge in [-0.1, -0.05) is 60.7 Å². The molecule has 144 valence electrons. The normalized spacial score (nSPS) is 12.0. The van der Waals surface area contributed by atoms with Crippen molar-refractivity contribution in [3.8, 4) is 0 Å². The minimum Gasteiger partial charge on any atom is -0.480 e. The number of nitrogens with one attached hydrogen (secondary N) is 1. The van der Waals surface area contributed by atoms with Gasteiger partial charge in [-0.25, -0.2) is 4.79 Å². The van der Waals surface area contributed by atoms with E-state index in [4.69, 9.17) is 0 Å². The Kier molecular flexibility index (Phi) is 5.49. The molecule has 0 aliphatic heterocycles. The minimum absolute atomic E-state index is 0.223. The molecule has 2 N–H and O–H groups in total. The zero-order chi connectivity index (χ0) is 20.4. The number of carboxylic acid groups (broad SMARTS) is 1. The Balaban J connectivity index is 1.73. The maximum atomic E-state index is 13.3. The molecule has 0 bridgehead atoms. The molecule has 1 atom stereocenters. The highest BCUT2D eigenvalue weighted by atomic mass is 127. The lowest BCUT2D eigenvalue weighted by molar-refractivity contribution is -0.139. The lowest BCUT2D eigenvalue weighted by atomic mass is 9.96. The van der Waals surface area contributed by atoms with Crippen LogP contribution in [-0.2, 0) is 11.2 Å². The van der Waals surface area contributed by atoms with E-state index in [1.807, 2.05) is 78.9 Å². The molecule has 0 fully saturated rings. The fourth-order valence-electron chi connectivity index (χ4n) is 3.55. The molecule has 0 saturated heterocycles. The van der Waals surface area contributed by atoms with Gasteiger partial charge in [0.05, 0.1) is 5.56 Å². The smallest absolute Gasteiger partial charge is 0.326 e. The molecule has 4 aromatic carbocycles. The molecule has 5 heteroatoms. The van der Waals surface area contributed by atoms with Gasteiger partial charge in [0.1, 0.15) is 6.04 Å². The third-order valence-corrected chi connectivity index (χ3v) is 5.67. The van der Waals surface area contributed by atoms with E-state index >= 15 is 0 Å². The number of amides is 1. The van der Waals surface area contributed by atoms with Crippen LogP contribution in [0.4, 0.5) is 0 Å². The summed E-state index contributed by atoms with van der Waals surface area (Å²) in [4.78, 5) is 25.1. The predicted octanol–water partition coefficient (Wildman–Crippen LogP) is 5.02. The summed E-state index contributed by atoms with van der Waals surface area (Å²) in [6, 6.07) is 24.0. The van der Waals surface area contributed by atoms with Crippen LogP contribution >= 0.6 is 22.6 Å². The molecule has 29 heavy (non-hydrogen) atoms. The molecule has 0 radical (unpaired) electrons. The van der Waals surface area contributed by atoms with E-state index in [-0.39, 0.29) is 12.3 Å². The summed E-state index contributed by atoms with van der Waals surface area (Å²) in [5.74, 6) is -1.43. The summed E-state index contributed by atoms with van der Waals surface area (Å²) in [5, 5.41) is 15.9. The molecular weight excluding hydrogens is 477 g/mol. The van der Waals surface area contributed by atoms with Crippen LogP contribution in [0.15, 0.2) is 78.9 Å². The molecule has 0 spiro atoms. The maximum absolute atomic E-state index is 13.3. The van der Waals surface area contributed by atoms with Gasteiger partial charge in [0.25, 0.3) is 5.91 Å². The van der Waals surface area contributed by atoms with Crippen molar-refractivity contribution in [3.63, 3.8) is 0 Å². The molecule has 0 unspecified atom stereocenters. The number of benzene rings is 4. The van der Waals surface area contributed by atoms with Crippen LogP contribution in [0.1, 0.15) is 15.9 Å². The quantitative estimate of drug-likeness (QED) is 0.302. The second-order valence-electron chi connectivity index (χ2n) is 6.89. The summed E-state index contributed by atoms with van der Waals surface area (Å²) in [7, 11) is 0. The Morgan fingerprint density at radius 2 is 1.41 bits per heavy atom. The molecular formula is C24H18INO3. The zero-order valence-electron chi connectivity index (χ0n) is 15.4. The average Bonchev–Trinajstić information content (AvgIpc) is 2.72. The van der Waals surface area contributed by atoms with Gasteiger partial charge < -0.3 is 10.4 Å². The van der Waals surface area contributed by atoms with Crippen molar-refractivity contribution in [3.05, 3.63) is 93.6 Å². The van der Waals surface area contributed by atoms with E-state index in [2.05, 4.69) is 27.9 Å². The first kappa shape index (κ1) is 19.4. The highest BCUT2D eigenvalue weighted by Crippen LogP contribution is 2.28. The van der Waals surface area contributed by atoms with E-state index in [0.29, 0.717) is 5.56 Å². The summed E-state index contributed by atoms with van der Waals surface area (Å²) < 4.78 is 1.07. The van der Waals surface area contributed by atoms with Crippen molar-refractivity contribution in [2.75, 3.05) is 0 Å². The van der Waals surface area contributed by atoms with Crippen LogP contribution in [0.3, 0.4) is 0 Å². The maximum Gasteiger partial charge on any atom is 0.326 e. The Hall–Kier alpha value is -2.93. The van der Waals surface area contributed by atoms with Gasteiger partial charge >= 0.3 is 5.97 Å². The molecule has 4 nitrogen and oxygen atoms in total. The highest BCUT2D eigenvalue weighted by Gasteiger charge is 2.23. The van der Waals surface area contributed by atoms with Crippen LogP contribution in [0, 0.1) is 3.57 Å². The third-order valence-electron chi connectivity index (χ3n) is 4.95. The summed E-state index contributed by atoms with van der Waals surface area (Å²) in [6.45, 7) is 0. The predicted molar refractivity (Wildman–Crippen MR) is 123 cm³/mol. The third kappa shape index (κ3) is 4.10. The van der Waals surface area contributed by atoms with E-state index in [9.17, 15) is 14.7 Å². The lowest BCUT2D eigenvalue weighted by Crippen LogP contribution is -2.42. The molecule has 0 saturated carbocycles. The standard InChI is InChI=1S/C24H18INO3/c25-18-11-9-15(10-12-18)13-21(24(28)29)26-23(27)22-19-7-3-1-5-16(19)14-17-6-2-4-8-20(17)22/h1-12,14,21H,13H2,(H,26,27)(H,28,29)/t21-/m0/s1.